The Morgan fingerprint density at radius 3 is 2.57 bits per heavy atom. The highest BCUT2D eigenvalue weighted by Gasteiger charge is 2.38. The minimum absolute atomic E-state index is 0.0696. The summed E-state index contributed by atoms with van der Waals surface area (Å²) in [6.45, 7) is 6.18. The molecule has 8 heteroatoms. The molecule has 0 N–H and O–H groups in total. The number of carbonyl (C=O) groups is 1. The van der Waals surface area contributed by atoms with Crippen LogP contribution in [0.4, 0.5) is 11.5 Å². The molecule has 4 heterocycles. The monoisotopic (exact) mass is 377 g/mol. The molecule has 28 heavy (non-hydrogen) atoms. The van der Waals surface area contributed by atoms with E-state index < -0.39 is 0 Å². The maximum absolute atomic E-state index is 12.8. The van der Waals surface area contributed by atoms with Crippen LogP contribution >= 0.6 is 0 Å². The van der Waals surface area contributed by atoms with E-state index in [4.69, 9.17) is 4.98 Å². The molecule has 0 fully saturated rings. The normalized spacial score (nSPS) is 16.6. The Morgan fingerprint density at radius 1 is 1.14 bits per heavy atom. The van der Waals surface area contributed by atoms with E-state index in [0.717, 1.165) is 22.9 Å². The Morgan fingerprint density at radius 2 is 1.89 bits per heavy atom. The van der Waals surface area contributed by atoms with E-state index in [1.807, 2.05) is 29.8 Å². The number of aromatic nitrogens is 5. The number of likely N-dealkylation sites (N-methyl/N-ethyl adjacent to an activating group) is 1. The molecule has 1 amide bonds. The Hall–Kier alpha value is -3.29. The fraction of sp³-hybridized carbons (Fsp3) is 0.350. The van der Waals surface area contributed by atoms with E-state index in [0.29, 0.717) is 12.4 Å². The molecule has 0 saturated heterocycles. The van der Waals surface area contributed by atoms with Gasteiger partial charge in [0.1, 0.15) is 17.6 Å². The van der Waals surface area contributed by atoms with Crippen LogP contribution in [0, 0.1) is 0 Å². The molecule has 1 aliphatic heterocycles. The highest BCUT2D eigenvalue weighted by molar-refractivity contribution is 6.04. The van der Waals surface area contributed by atoms with Gasteiger partial charge < -0.3 is 9.80 Å². The number of imidazole rings is 1. The van der Waals surface area contributed by atoms with E-state index >= 15 is 0 Å². The van der Waals surface area contributed by atoms with Gasteiger partial charge in [-0.2, -0.15) is 4.98 Å². The summed E-state index contributed by atoms with van der Waals surface area (Å²) in [6, 6.07) is 3.70. The van der Waals surface area contributed by atoms with Crippen molar-refractivity contribution in [3.63, 3.8) is 0 Å². The third-order valence-electron chi connectivity index (χ3n) is 5.03. The minimum Gasteiger partial charge on any atom is -0.340 e. The number of hydrogen-bond acceptors (Lipinski definition) is 6. The Bertz CT molecular complexity index is 999. The van der Waals surface area contributed by atoms with Crippen molar-refractivity contribution in [2.75, 3.05) is 16.8 Å². The number of fused-ring (bicyclic) bond motifs is 1. The van der Waals surface area contributed by atoms with Crippen LogP contribution in [0.25, 0.3) is 17.3 Å². The second kappa shape index (κ2) is 7.03. The fourth-order valence-electron chi connectivity index (χ4n) is 3.66. The molecule has 0 unspecified atom stereocenters. The first kappa shape index (κ1) is 18.1. The third kappa shape index (κ3) is 2.81. The van der Waals surface area contributed by atoms with Crippen LogP contribution in [0.2, 0.25) is 0 Å². The highest BCUT2D eigenvalue weighted by atomic mass is 16.2. The molecule has 0 saturated carbocycles. The second-order valence-corrected chi connectivity index (χ2v) is 7.06. The number of pyridine rings is 1. The lowest BCUT2D eigenvalue weighted by atomic mass is 10.1. The zero-order valence-electron chi connectivity index (χ0n) is 16.4. The van der Waals surface area contributed by atoms with Gasteiger partial charge in [0.25, 0.3) is 0 Å². The van der Waals surface area contributed by atoms with Gasteiger partial charge >= 0.3 is 0 Å². The van der Waals surface area contributed by atoms with Gasteiger partial charge in [0.2, 0.25) is 11.9 Å². The van der Waals surface area contributed by atoms with Gasteiger partial charge in [-0.15, -0.1) is 0 Å². The maximum Gasteiger partial charge on any atom is 0.249 e. The van der Waals surface area contributed by atoms with Crippen molar-refractivity contribution in [2.45, 2.75) is 39.3 Å². The van der Waals surface area contributed by atoms with Crippen molar-refractivity contribution >= 4 is 17.4 Å². The lowest BCUT2D eigenvalue weighted by Crippen LogP contribution is -2.55. The molecular formula is C20H23N7O. The molecule has 3 aromatic rings. The van der Waals surface area contributed by atoms with Crippen molar-refractivity contribution in [3.8, 4) is 17.3 Å². The third-order valence-corrected chi connectivity index (χ3v) is 5.03. The summed E-state index contributed by atoms with van der Waals surface area (Å²) in [4.78, 5) is 34.5. The van der Waals surface area contributed by atoms with Gasteiger partial charge in [0.15, 0.2) is 5.82 Å². The lowest BCUT2D eigenvalue weighted by molar-refractivity contribution is -0.120. The van der Waals surface area contributed by atoms with Crippen LogP contribution in [0.1, 0.15) is 27.2 Å². The summed E-state index contributed by atoms with van der Waals surface area (Å²) in [7, 11) is 1.78. The van der Waals surface area contributed by atoms with Gasteiger partial charge in [-0.05, 0) is 32.4 Å². The molecule has 0 aliphatic carbocycles. The average molecular weight is 377 g/mol. The zero-order valence-corrected chi connectivity index (χ0v) is 16.4. The molecule has 1 atom stereocenters. The number of rotatable bonds is 4. The summed E-state index contributed by atoms with van der Waals surface area (Å²) in [5.74, 6) is 2.10. The first-order valence-corrected chi connectivity index (χ1v) is 9.40. The van der Waals surface area contributed by atoms with Gasteiger partial charge in [-0.1, -0.05) is 6.92 Å². The van der Waals surface area contributed by atoms with Crippen molar-refractivity contribution in [1.82, 2.24) is 24.5 Å². The largest absolute Gasteiger partial charge is 0.340 e. The van der Waals surface area contributed by atoms with Crippen molar-refractivity contribution in [1.29, 1.82) is 0 Å². The number of anilines is 2. The standard InChI is InChI=1S/C20H23N7O/c1-5-15-19(28)25(4)16-12-23-20(24-18(16)27(15)13(2)3)26-11-10-22-17(26)14-6-8-21-9-7-14/h6-13,15H,5H2,1-4H3/t15-/m1/s1. The van der Waals surface area contributed by atoms with Crippen LogP contribution in [0.5, 0.6) is 0 Å². The van der Waals surface area contributed by atoms with Crippen LogP contribution in [0.15, 0.2) is 43.1 Å². The van der Waals surface area contributed by atoms with E-state index in [2.05, 4.69) is 33.7 Å². The zero-order chi connectivity index (χ0) is 19.8. The maximum atomic E-state index is 12.8. The summed E-state index contributed by atoms with van der Waals surface area (Å²) in [6.07, 6.45) is 9.46. The van der Waals surface area contributed by atoms with Crippen LogP contribution in [0.3, 0.4) is 0 Å². The first-order valence-electron chi connectivity index (χ1n) is 9.40. The summed E-state index contributed by atoms with van der Waals surface area (Å²) >= 11 is 0. The molecule has 3 aromatic heterocycles. The van der Waals surface area contributed by atoms with E-state index in [1.165, 1.54) is 0 Å². The Balaban J connectivity index is 1.85. The molecule has 0 spiro atoms. The van der Waals surface area contributed by atoms with Crippen molar-refractivity contribution < 1.29 is 4.79 Å². The van der Waals surface area contributed by atoms with Gasteiger partial charge in [0.05, 0.1) is 6.20 Å². The Labute approximate surface area is 163 Å². The summed E-state index contributed by atoms with van der Waals surface area (Å²) in [5.41, 5.74) is 1.65. The first-order chi connectivity index (χ1) is 13.5. The van der Waals surface area contributed by atoms with Gasteiger partial charge in [0, 0.05) is 43.4 Å². The molecule has 144 valence electrons. The van der Waals surface area contributed by atoms with Gasteiger partial charge in [-0.25, -0.2) is 9.97 Å². The van der Waals surface area contributed by atoms with E-state index in [-0.39, 0.29) is 18.0 Å². The molecule has 0 radical (unpaired) electrons. The lowest BCUT2D eigenvalue weighted by Gasteiger charge is -2.42. The quantitative estimate of drug-likeness (QED) is 0.695. The molecule has 0 bridgehead atoms. The van der Waals surface area contributed by atoms with Crippen molar-refractivity contribution in [3.05, 3.63) is 43.1 Å². The molecule has 0 aromatic carbocycles. The SMILES string of the molecule is CC[C@@H]1C(=O)N(C)c2cnc(-n3ccnc3-c3ccncc3)nc2N1C(C)C. The molecular weight excluding hydrogens is 354 g/mol. The van der Waals surface area contributed by atoms with Crippen molar-refractivity contribution in [2.24, 2.45) is 0 Å². The van der Waals surface area contributed by atoms with Crippen LogP contribution in [-0.2, 0) is 4.79 Å². The summed E-state index contributed by atoms with van der Waals surface area (Å²) < 4.78 is 1.85. The summed E-state index contributed by atoms with van der Waals surface area (Å²) in [5, 5.41) is 0. The molecule has 8 nitrogen and oxygen atoms in total. The average Bonchev–Trinajstić information content (AvgIpc) is 3.20. The molecule has 4 rings (SSSR count). The van der Waals surface area contributed by atoms with Gasteiger partial charge in [-0.3, -0.25) is 14.3 Å². The molecule has 1 aliphatic rings. The topological polar surface area (TPSA) is 80.0 Å². The second-order valence-electron chi connectivity index (χ2n) is 7.06. The van der Waals surface area contributed by atoms with Crippen LogP contribution < -0.4 is 9.80 Å². The number of nitrogens with zero attached hydrogens (tertiary/aromatic N) is 7. The van der Waals surface area contributed by atoms with Crippen LogP contribution in [-0.4, -0.2) is 49.5 Å². The van der Waals surface area contributed by atoms with E-state index in [1.54, 1.807) is 36.7 Å². The predicted octanol–water partition coefficient (Wildman–Crippen LogP) is 2.69. The highest BCUT2D eigenvalue weighted by Crippen LogP contribution is 2.36. The number of hydrogen-bond donors (Lipinski definition) is 0. The smallest absolute Gasteiger partial charge is 0.249 e. The number of amides is 1. The fourth-order valence-corrected chi connectivity index (χ4v) is 3.66. The Kier molecular flexibility index (Phi) is 4.54. The predicted molar refractivity (Wildman–Crippen MR) is 107 cm³/mol. The minimum atomic E-state index is -0.234. The number of carbonyl (C=O) groups excluding carboxylic acids is 1. The van der Waals surface area contributed by atoms with E-state index in [9.17, 15) is 4.79 Å².